The van der Waals surface area contributed by atoms with Crippen LogP contribution in [0.3, 0.4) is 0 Å². The smallest absolute Gasteiger partial charge is 0.338 e. The first-order valence-corrected chi connectivity index (χ1v) is 10.0. The standard InChI is InChI=1S/C25H22N2O4/c1-16(2)30-25(29)19-11-9-18(10-12-19)23-14-13-21(31-23)15-22-17(3)26-27(24(22)28)20-7-5-4-6-8-20/h4-16H,1-3H3/b22-15-. The lowest BCUT2D eigenvalue weighted by Gasteiger charge is -2.10. The first-order chi connectivity index (χ1) is 14.9. The van der Waals surface area contributed by atoms with Gasteiger partial charge in [-0.05, 0) is 63.2 Å². The maximum absolute atomic E-state index is 12.8. The van der Waals surface area contributed by atoms with Crippen molar-refractivity contribution in [2.24, 2.45) is 5.10 Å². The van der Waals surface area contributed by atoms with Gasteiger partial charge in [-0.3, -0.25) is 4.79 Å². The molecule has 0 fully saturated rings. The molecule has 2 aromatic carbocycles. The molecule has 0 N–H and O–H groups in total. The number of hydrogen-bond donors (Lipinski definition) is 0. The molecule has 6 heteroatoms. The summed E-state index contributed by atoms with van der Waals surface area (Å²) in [4.78, 5) is 24.8. The number of hydrogen-bond acceptors (Lipinski definition) is 5. The number of furan rings is 1. The summed E-state index contributed by atoms with van der Waals surface area (Å²) in [5.41, 5.74) is 3.12. The lowest BCUT2D eigenvalue weighted by atomic mass is 10.1. The highest BCUT2D eigenvalue weighted by atomic mass is 16.5. The van der Waals surface area contributed by atoms with Crippen LogP contribution in [-0.4, -0.2) is 23.7 Å². The Hall–Kier alpha value is -3.93. The fraction of sp³-hybridized carbons (Fsp3) is 0.160. The summed E-state index contributed by atoms with van der Waals surface area (Å²) in [5.74, 6) is 0.625. The van der Waals surface area contributed by atoms with Crippen LogP contribution >= 0.6 is 0 Å². The van der Waals surface area contributed by atoms with Crippen LogP contribution in [0.4, 0.5) is 5.69 Å². The summed E-state index contributed by atoms with van der Waals surface area (Å²) >= 11 is 0. The van der Waals surface area contributed by atoms with Gasteiger partial charge in [-0.25, -0.2) is 4.79 Å². The van der Waals surface area contributed by atoms with Crippen LogP contribution in [0.25, 0.3) is 17.4 Å². The Morgan fingerprint density at radius 1 is 1.03 bits per heavy atom. The second-order valence-corrected chi connectivity index (χ2v) is 7.43. The predicted octanol–water partition coefficient (Wildman–Crippen LogP) is 5.32. The number of rotatable bonds is 5. The highest BCUT2D eigenvalue weighted by Gasteiger charge is 2.28. The Balaban J connectivity index is 1.53. The number of amides is 1. The summed E-state index contributed by atoms with van der Waals surface area (Å²) in [7, 11) is 0. The van der Waals surface area contributed by atoms with Crippen LogP contribution in [0.1, 0.15) is 36.9 Å². The molecule has 1 aliphatic heterocycles. The van der Waals surface area contributed by atoms with Crippen LogP contribution in [0.2, 0.25) is 0 Å². The van der Waals surface area contributed by atoms with Gasteiger partial charge in [0.1, 0.15) is 11.5 Å². The van der Waals surface area contributed by atoms with Gasteiger partial charge in [-0.15, -0.1) is 0 Å². The largest absolute Gasteiger partial charge is 0.459 e. The molecule has 0 saturated carbocycles. The number of esters is 1. The SMILES string of the molecule is CC1=NN(c2ccccc2)C(=O)/C1=C\c1ccc(-c2ccc(C(=O)OC(C)C)cc2)o1. The molecule has 0 saturated heterocycles. The molecule has 0 radical (unpaired) electrons. The van der Waals surface area contributed by atoms with Gasteiger partial charge in [0.15, 0.2) is 0 Å². The molecular formula is C25H22N2O4. The van der Waals surface area contributed by atoms with Crippen molar-refractivity contribution in [2.45, 2.75) is 26.9 Å². The maximum atomic E-state index is 12.8. The minimum Gasteiger partial charge on any atom is -0.459 e. The van der Waals surface area contributed by atoms with Crippen LogP contribution in [0.5, 0.6) is 0 Å². The molecule has 1 aromatic heterocycles. The van der Waals surface area contributed by atoms with Gasteiger partial charge in [0.2, 0.25) is 0 Å². The molecular weight excluding hydrogens is 392 g/mol. The number of carbonyl (C=O) groups is 2. The van der Waals surface area contributed by atoms with E-state index in [1.165, 1.54) is 5.01 Å². The van der Waals surface area contributed by atoms with E-state index in [9.17, 15) is 9.59 Å². The Labute approximate surface area is 180 Å². The van der Waals surface area contributed by atoms with Crippen molar-refractivity contribution in [1.82, 2.24) is 0 Å². The van der Waals surface area contributed by atoms with Gasteiger partial charge in [0.25, 0.3) is 5.91 Å². The van der Waals surface area contributed by atoms with Crippen LogP contribution in [0.15, 0.2) is 81.8 Å². The van der Waals surface area contributed by atoms with E-state index in [4.69, 9.17) is 9.15 Å². The molecule has 2 heterocycles. The normalized spacial score (nSPS) is 15.0. The first kappa shape index (κ1) is 20.3. The molecule has 1 amide bonds. The summed E-state index contributed by atoms with van der Waals surface area (Å²) in [6.45, 7) is 5.42. The highest BCUT2D eigenvalue weighted by molar-refractivity contribution is 6.32. The van der Waals surface area contributed by atoms with E-state index in [1.807, 2.05) is 50.2 Å². The molecule has 31 heavy (non-hydrogen) atoms. The van der Waals surface area contributed by atoms with E-state index in [0.29, 0.717) is 34.1 Å². The Kier molecular flexibility index (Phi) is 5.54. The van der Waals surface area contributed by atoms with Crippen molar-refractivity contribution < 1.29 is 18.7 Å². The third-order valence-corrected chi connectivity index (χ3v) is 4.72. The second-order valence-electron chi connectivity index (χ2n) is 7.43. The molecule has 0 bridgehead atoms. The topological polar surface area (TPSA) is 72.1 Å². The lowest BCUT2D eigenvalue weighted by Crippen LogP contribution is -2.21. The molecule has 0 spiro atoms. The van der Waals surface area contributed by atoms with Crippen molar-refractivity contribution in [2.75, 3.05) is 5.01 Å². The van der Waals surface area contributed by atoms with Gasteiger partial charge in [-0.2, -0.15) is 10.1 Å². The second kappa shape index (κ2) is 8.44. The van der Waals surface area contributed by atoms with Gasteiger partial charge in [-0.1, -0.05) is 30.3 Å². The Bertz CT molecular complexity index is 1170. The van der Waals surface area contributed by atoms with E-state index >= 15 is 0 Å². The lowest BCUT2D eigenvalue weighted by molar-refractivity contribution is -0.114. The number of para-hydroxylation sites is 1. The van der Waals surface area contributed by atoms with Crippen molar-refractivity contribution in [1.29, 1.82) is 0 Å². The zero-order valence-corrected chi connectivity index (χ0v) is 17.5. The van der Waals surface area contributed by atoms with Crippen LogP contribution in [0, 0.1) is 0 Å². The van der Waals surface area contributed by atoms with Crippen molar-refractivity contribution in [3.8, 4) is 11.3 Å². The third-order valence-electron chi connectivity index (χ3n) is 4.72. The van der Waals surface area contributed by atoms with Gasteiger partial charge < -0.3 is 9.15 Å². The molecule has 156 valence electrons. The predicted molar refractivity (Wildman–Crippen MR) is 120 cm³/mol. The Morgan fingerprint density at radius 3 is 2.42 bits per heavy atom. The number of ether oxygens (including phenoxy) is 1. The summed E-state index contributed by atoms with van der Waals surface area (Å²) in [6, 6.07) is 19.9. The maximum Gasteiger partial charge on any atom is 0.338 e. The first-order valence-electron chi connectivity index (χ1n) is 10.0. The molecule has 4 rings (SSSR count). The number of anilines is 1. The fourth-order valence-corrected chi connectivity index (χ4v) is 3.21. The van der Waals surface area contributed by atoms with Crippen molar-refractivity contribution in [3.63, 3.8) is 0 Å². The van der Waals surface area contributed by atoms with E-state index < -0.39 is 0 Å². The van der Waals surface area contributed by atoms with Gasteiger partial charge in [0, 0.05) is 5.56 Å². The summed E-state index contributed by atoms with van der Waals surface area (Å²) in [5, 5.41) is 5.76. The van der Waals surface area contributed by atoms with Gasteiger partial charge >= 0.3 is 5.97 Å². The van der Waals surface area contributed by atoms with Crippen molar-refractivity contribution in [3.05, 3.63) is 83.6 Å². The molecule has 0 aliphatic carbocycles. The van der Waals surface area contributed by atoms with E-state index in [1.54, 1.807) is 43.3 Å². The zero-order chi connectivity index (χ0) is 22.0. The van der Waals surface area contributed by atoms with Crippen LogP contribution in [-0.2, 0) is 9.53 Å². The Morgan fingerprint density at radius 2 is 1.74 bits per heavy atom. The number of nitrogens with zero attached hydrogens (tertiary/aromatic N) is 2. The monoisotopic (exact) mass is 414 g/mol. The third kappa shape index (κ3) is 4.33. The minimum absolute atomic E-state index is 0.170. The van der Waals surface area contributed by atoms with Crippen molar-refractivity contribution >= 4 is 29.4 Å². The number of benzene rings is 2. The summed E-state index contributed by atoms with van der Waals surface area (Å²) in [6.07, 6.45) is 1.53. The van der Waals surface area contributed by atoms with Gasteiger partial charge in [0.05, 0.1) is 28.6 Å². The average Bonchev–Trinajstić information content (AvgIpc) is 3.34. The molecule has 1 aliphatic rings. The highest BCUT2D eigenvalue weighted by Crippen LogP contribution is 2.27. The van der Waals surface area contributed by atoms with E-state index in [-0.39, 0.29) is 18.0 Å². The zero-order valence-electron chi connectivity index (χ0n) is 17.5. The number of hydrazone groups is 1. The minimum atomic E-state index is -0.358. The van der Waals surface area contributed by atoms with E-state index in [2.05, 4.69) is 5.10 Å². The average molecular weight is 414 g/mol. The molecule has 6 nitrogen and oxygen atoms in total. The molecule has 0 unspecified atom stereocenters. The molecule has 0 atom stereocenters. The van der Waals surface area contributed by atoms with E-state index in [0.717, 1.165) is 5.56 Å². The quantitative estimate of drug-likeness (QED) is 0.419. The summed E-state index contributed by atoms with van der Waals surface area (Å²) < 4.78 is 11.1. The molecule has 3 aromatic rings. The fourth-order valence-electron chi connectivity index (χ4n) is 3.21. The van der Waals surface area contributed by atoms with Crippen LogP contribution < -0.4 is 5.01 Å². The number of carbonyl (C=O) groups excluding carboxylic acids is 2.